The van der Waals surface area contributed by atoms with Gasteiger partial charge in [0.2, 0.25) is 0 Å². The predicted octanol–water partition coefficient (Wildman–Crippen LogP) is 3.32. The number of amidine groups is 1. The summed E-state index contributed by atoms with van der Waals surface area (Å²) in [4.78, 5) is 19.1. The normalized spacial score (nSPS) is 23.2. The van der Waals surface area contributed by atoms with Gasteiger partial charge in [0.15, 0.2) is 0 Å². The summed E-state index contributed by atoms with van der Waals surface area (Å²) >= 11 is 5.68. The van der Waals surface area contributed by atoms with Gasteiger partial charge in [-0.2, -0.15) is 0 Å². The highest BCUT2D eigenvalue weighted by Gasteiger charge is 2.30. The van der Waals surface area contributed by atoms with Gasteiger partial charge in [0, 0.05) is 12.1 Å². The van der Waals surface area contributed by atoms with Crippen LogP contribution in [0.2, 0.25) is 0 Å². The minimum Gasteiger partial charge on any atom is -0.386 e. The summed E-state index contributed by atoms with van der Waals surface area (Å²) in [6.07, 6.45) is 3.27. The quantitative estimate of drug-likeness (QED) is 0.529. The topological polar surface area (TPSA) is 58.7 Å². The molecule has 2 atom stereocenters. The van der Waals surface area contributed by atoms with Crippen molar-refractivity contribution in [1.29, 1.82) is 0 Å². The van der Waals surface area contributed by atoms with Crippen molar-refractivity contribution in [2.45, 2.75) is 45.2 Å². The Kier molecular flexibility index (Phi) is 5.23. The molecule has 1 aliphatic rings. The Labute approximate surface area is 131 Å². The fourth-order valence-corrected chi connectivity index (χ4v) is 2.96. The summed E-state index contributed by atoms with van der Waals surface area (Å²) in [5, 5.41) is 0. The lowest BCUT2D eigenvalue weighted by atomic mass is 9.96. The molecule has 1 fully saturated rings. The number of alkyl halides is 1. The lowest BCUT2D eigenvalue weighted by Gasteiger charge is -2.39. The zero-order chi connectivity index (χ0) is 15.4. The fourth-order valence-electron chi connectivity index (χ4n) is 2.90. The number of nitrogens with two attached hydrogens (primary N) is 1. The maximum absolute atomic E-state index is 12.9. The zero-order valence-electron chi connectivity index (χ0n) is 12.6. The molecule has 1 heterocycles. The molecule has 2 N–H and O–H groups in total. The van der Waals surface area contributed by atoms with Crippen molar-refractivity contribution in [3.05, 3.63) is 29.8 Å². The number of rotatable bonds is 3. The molecule has 2 unspecified atom stereocenters. The molecule has 1 aliphatic heterocycles. The lowest BCUT2D eigenvalue weighted by molar-refractivity contribution is 0.0511. The number of hydrogen-bond acceptors (Lipinski definition) is 2. The van der Waals surface area contributed by atoms with Gasteiger partial charge in [-0.15, -0.1) is 11.6 Å². The number of nitrogens with zero attached hydrogens (tertiary/aromatic N) is 2. The summed E-state index contributed by atoms with van der Waals surface area (Å²) in [5.41, 5.74) is 6.88. The highest BCUT2D eigenvalue weighted by Crippen LogP contribution is 2.28. The van der Waals surface area contributed by atoms with Crippen molar-refractivity contribution in [3.8, 4) is 0 Å². The van der Waals surface area contributed by atoms with Gasteiger partial charge in [-0.05, 0) is 45.2 Å². The van der Waals surface area contributed by atoms with E-state index in [1.54, 1.807) is 12.1 Å². The third-order valence-electron chi connectivity index (χ3n) is 3.96. The van der Waals surface area contributed by atoms with E-state index in [1.807, 2.05) is 17.0 Å². The average molecular weight is 308 g/mol. The molecule has 2 rings (SSSR count). The van der Waals surface area contributed by atoms with E-state index >= 15 is 0 Å². The molecule has 1 aromatic rings. The molecule has 1 amide bonds. The average Bonchev–Trinajstić information content (AvgIpc) is 2.47. The molecule has 21 heavy (non-hydrogen) atoms. The third-order valence-corrected chi connectivity index (χ3v) is 4.24. The van der Waals surface area contributed by atoms with Crippen LogP contribution >= 0.6 is 11.6 Å². The van der Waals surface area contributed by atoms with Crippen LogP contribution in [0.15, 0.2) is 29.3 Å². The van der Waals surface area contributed by atoms with Gasteiger partial charge in [0.05, 0.1) is 17.1 Å². The summed E-state index contributed by atoms with van der Waals surface area (Å²) < 4.78 is 0. The number of carbonyl (C=O) groups is 1. The Morgan fingerprint density at radius 2 is 1.95 bits per heavy atom. The fraction of sp³-hybridized carbons (Fsp3) is 0.500. The van der Waals surface area contributed by atoms with Gasteiger partial charge in [-0.1, -0.05) is 12.1 Å². The minimum absolute atomic E-state index is 0.0245. The Balaban J connectivity index is 2.35. The predicted molar refractivity (Wildman–Crippen MR) is 87.4 cm³/mol. The molecule has 0 aromatic heterocycles. The van der Waals surface area contributed by atoms with E-state index in [0.717, 1.165) is 12.8 Å². The third kappa shape index (κ3) is 3.56. The highest BCUT2D eigenvalue weighted by molar-refractivity contribution is 6.28. The molecular formula is C16H22ClN3O. The Morgan fingerprint density at radius 3 is 2.57 bits per heavy atom. The molecule has 0 aliphatic carbocycles. The number of piperidine rings is 1. The van der Waals surface area contributed by atoms with Crippen molar-refractivity contribution in [1.82, 2.24) is 4.90 Å². The molecule has 0 bridgehead atoms. The molecule has 0 saturated carbocycles. The standard InChI is InChI=1S/C16H22ClN3O/c1-11-6-5-7-12(2)20(11)16(21)13-8-3-4-9-14(13)19-15(18)10-17/h3-4,8-9,11-12H,5-7,10H2,1-2H3,(H2,18,19). The van der Waals surface area contributed by atoms with Crippen molar-refractivity contribution < 1.29 is 4.79 Å². The Hall–Kier alpha value is -1.55. The maximum Gasteiger partial charge on any atom is 0.256 e. The van der Waals surface area contributed by atoms with E-state index in [0.29, 0.717) is 17.1 Å². The van der Waals surface area contributed by atoms with Crippen LogP contribution in [0.25, 0.3) is 0 Å². The van der Waals surface area contributed by atoms with Gasteiger partial charge in [-0.25, -0.2) is 4.99 Å². The van der Waals surface area contributed by atoms with Crippen molar-refractivity contribution in [3.63, 3.8) is 0 Å². The molecular weight excluding hydrogens is 286 g/mol. The molecule has 114 valence electrons. The number of aliphatic imine (C=N–C) groups is 1. The van der Waals surface area contributed by atoms with Crippen LogP contribution < -0.4 is 5.73 Å². The molecule has 1 saturated heterocycles. The van der Waals surface area contributed by atoms with E-state index in [9.17, 15) is 4.79 Å². The maximum atomic E-state index is 12.9. The second kappa shape index (κ2) is 6.94. The van der Waals surface area contributed by atoms with Crippen LogP contribution in [-0.2, 0) is 0 Å². The van der Waals surface area contributed by atoms with Gasteiger partial charge in [0.1, 0.15) is 5.84 Å². The first-order valence-corrected chi connectivity index (χ1v) is 7.88. The van der Waals surface area contributed by atoms with Crippen LogP contribution in [0.3, 0.4) is 0 Å². The van der Waals surface area contributed by atoms with Crippen molar-refractivity contribution >= 4 is 29.0 Å². The van der Waals surface area contributed by atoms with E-state index in [2.05, 4.69) is 18.8 Å². The number of para-hydroxylation sites is 1. The van der Waals surface area contributed by atoms with Crippen molar-refractivity contribution in [2.24, 2.45) is 10.7 Å². The summed E-state index contributed by atoms with van der Waals surface area (Å²) in [6, 6.07) is 7.80. The lowest BCUT2D eigenvalue weighted by Crippen LogP contribution is -2.47. The molecule has 4 nitrogen and oxygen atoms in total. The van der Waals surface area contributed by atoms with Gasteiger partial charge in [-0.3, -0.25) is 4.79 Å². The second-order valence-corrected chi connectivity index (χ2v) is 5.86. The summed E-state index contributed by atoms with van der Waals surface area (Å²) in [6.45, 7) is 4.21. The molecule has 1 aromatic carbocycles. The number of carbonyl (C=O) groups excluding carboxylic acids is 1. The number of likely N-dealkylation sites (tertiary alicyclic amines) is 1. The monoisotopic (exact) mass is 307 g/mol. The van der Waals surface area contributed by atoms with E-state index in [4.69, 9.17) is 17.3 Å². The summed E-state index contributed by atoms with van der Waals surface area (Å²) in [5.74, 6) is 0.493. The Bertz CT molecular complexity index is 534. The SMILES string of the molecule is CC1CCCC(C)N1C(=O)c1ccccc1N=C(N)CCl. The number of amides is 1. The van der Waals surface area contributed by atoms with E-state index in [1.165, 1.54) is 6.42 Å². The van der Waals surface area contributed by atoms with Crippen LogP contribution in [-0.4, -0.2) is 34.6 Å². The van der Waals surface area contributed by atoms with Crippen LogP contribution in [0.4, 0.5) is 5.69 Å². The van der Waals surface area contributed by atoms with E-state index in [-0.39, 0.29) is 23.9 Å². The van der Waals surface area contributed by atoms with Crippen LogP contribution in [0.1, 0.15) is 43.5 Å². The summed E-state index contributed by atoms with van der Waals surface area (Å²) in [7, 11) is 0. The van der Waals surface area contributed by atoms with Gasteiger partial charge in [0.25, 0.3) is 5.91 Å². The van der Waals surface area contributed by atoms with Gasteiger partial charge >= 0.3 is 0 Å². The smallest absolute Gasteiger partial charge is 0.256 e. The second-order valence-electron chi connectivity index (χ2n) is 5.60. The minimum atomic E-state index is 0.0245. The highest BCUT2D eigenvalue weighted by atomic mass is 35.5. The van der Waals surface area contributed by atoms with Crippen molar-refractivity contribution in [2.75, 3.05) is 5.88 Å². The van der Waals surface area contributed by atoms with Crippen LogP contribution in [0.5, 0.6) is 0 Å². The number of halogens is 1. The van der Waals surface area contributed by atoms with Crippen LogP contribution in [0, 0.1) is 0 Å². The number of hydrogen-bond donors (Lipinski definition) is 1. The first-order chi connectivity index (χ1) is 10.0. The Morgan fingerprint density at radius 1 is 1.33 bits per heavy atom. The first-order valence-electron chi connectivity index (χ1n) is 7.35. The van der Waals surface area contributed by atoms with Gasteiger partial charge < -0.3 is 10.6 Å². The number of benzene rings is 1. The van der Waals surface area contributed by atoms with E-state index < -0.39 is 0 Å². The molecule has 0 spiro atoms. The zero-order valence-corrected chi connectivity index (χ0v) is 13.3. The molecule has 0 radical (unpaired) electrons. The molecule has 5 heteroatoms. The largest absolute Gasteiger partial charge is 0.386 e. The first kappa shape index (κ1) is 15.8.